The van der Waals surface area contributed by atoms with Crippen LogP contribution in [-0.4, -0.2) is 94.0 Å². The molecule has 3 saturated heterocycles. The summed E-state index contributed by atoms with van der Waals surface area (Å²) in [5, 5.41) is 23.1. The van der Waals surface area contributed by atoms with E-state index >= 15 is 0 Å². The van der Waals surface area contributed by atoms with Crippen molar-refractivity contribution >= 4 is 71.4 Å². The summed E-state index contributed by atoms with van der Waals surface area (Å²) in [5.74, 6) is 0.0285. The molecule has 0 spiro atoms. The van der Waals surface area contributed by atoms with Crippen LogP contribution in [0.15, 0.2) is 35.6 Å². The topological polar surface area (TPSA) is 267 Å². The number of fused-ring (bicyclic) bond motifs is 5. The number of anilines is 2. The molecule has 2 bridgehead atoms. The van der Waals surface area contributed by atoms with Gasteiger partial charge in [-0.05, 0) is 23.9 Å². The SMILES string of the molecule is Nc1nc2c(ccn2[C@@H]2O[C@@H]3COP(=O)(S)O[C@@H]4C(O)[C@H](n5ccc6c(N)ncnc65)O[C@@H]4COP(O)(=S)O[C@H]2C3O)c(=O)[nH]1. The largest absolute Gasteiger partial charge is 0.387 e. The van der Waals surface area contributed by atoms with Crippen LogP contribution in [0, 0.1) is 0 Å². The number of nitrogens with two attached hydrogens (primary N) is 2. The van der Waals surface area contributed by atoms with Gasteiger partial charge in [0, 0.05) is 12.4 Å². The van der Waals surface area contributed by atoms with Crippen LogP contribution in [0.2, 0.25) is 0 Å². The van der Waals surface area contributed by atoms with E-state index in [1.54, 1.807) is 12.3 Å². The third-order valence-corrected chi connectivity index (χ3v) is 10.8. The second kappa shape index (κ2) is 11.3. The standard InChI is InChI=1S/C22H26N8O11P2S2/c23-16-8-1-3-29(17(8)26-7-25-16)20-13(32)14-11(39-20)6-37-43(35,45)41-15-12(31)10(5-36-42(34,44)40-14)38-21(15)30-4-2-9-18(30)27-22(24)28-19(9)33/h1-4,7,10-15,20-21,31-32H,5-6H2,(H,34,44)(H,35,45)(H2,23,25,26)(H3,24,27,28,33)/t10-,11-,12?,13?,14+,15+,20-,21-,42?,43?/m1/s1. The van der Waals surface area contributed by atoms with Gasteiger partial charge >= 0.3 is 13.5 Å². The molecule has 45 heavy (non-hydrogen) atoms. The highest BCUT2D eigenvalue weighted by Gasteiger charge is 2.52. The number of hydrogen-bond acceptors (Lipinski definition) is 16. The first-order chi connectivity index (χ1) is 21.3. The summed E-state index contributed by atoms with van der Waals surface area (Å²) >= 11 is 9.35. The Morgan fingerprint density at radius 2 is 1.64 bits per heavy atom. The molecule has 242 valence electrons. The fraction of sp³-hybridized carbons (Fsp3) is 0.455. The quantitative estimate of drug-likeness (QED) is 0.106. The summed E-state index contributed by atoms with van der Waals surface area (Å²) in [4.78, 5) is 38.2. The van der Waals surface area contributed by atoms with Crippen LogP contribution in [0.25, 0.3) is 22.1 Å². The van der Waals surface area contributed by atoms with Crippen LogP contribution >= 0.6 is 25.8 Å². The molecule has 3 aliphatic heterocycles. The Labute approximate surface area is 262 Å². The first-order valence-corrected chi connectivity index (χ1v) is 18.5. The average Bonchev–Trinajstić information content (AvgIpc) is 3.72. The van der Waals surface area contributed by atoms with Gasteiger partial charge in [-0.2, -0.15) is 4.98 Å². The van der Waals surface area contributed by atoms with Gasteiger partial charge in [0.05, 0.1) is 24.0 Å². The summed E-state index contributed by atoms with van der Waals surface area (Å²) < 4.78 is 50.8. The van der Waals surface area contributed by atoms with Gasteiger partial charge in [0.2, 0.25) is 5.95 Å². The van der Waals surface area contributed by atoms with Gasteiger partial charge in [0.25, 0.3) is 5.56 Å². The summed E-state index contributed by atoms with van der Waals surface area (Å²) in [6.45, 7) is -9.56. The van der Waals surface area contributed by atoms with Gasteiger partial charge in [-0.1, -0.05) is 12.2 Å². The van der Waals surface area contributed by atoms with Gasteiger partial charge in [0.15, 0.2) is 18.1 Å². The maximum atomic E-state index is 13.4. The van der Waals surface area contributed by atoms with Gasteiger partial charge in [0.1, 0.15) is 54.4 Å². The summed E-state index contributed by atoms with van der Waals surface area (Å²) in [7, 11) is 0. The zero-order valence-corrected chi connectivity index (χ0v) is 26.2. The number of rotatable bonds is 2. The van der Waals surface area contributed by atoms with E-state index in [-0.39, 0.29) is 22.8 Å². The molecule has 23 heteroatoms. The molecule has 4 unspecified atom stereocenters. The number of ether oxygens (including phenoxy) is 2. The lowest BCUT2D eigenvalue weighted by atomic mass is 10.1. The third-order valence-electron chi connectivity index (χ3n) is 7.62. The van der Waals surface area contributed by atoms with E-state index in [0.29, 0.717) is 11.0 Å². The number of H-pyrrole nitrogens is 1. The Bertz CT molecular complexity index is 1940. The number of nitrogens with one attached hydrogen (secondary N) is 1. The molecule has 4 aromatic heterocycles. The lowest BCUT2D eigenvalue weighted by Gasteiger charge is -2.27. The number of thiol groups is 1. The zero-order chi connectivity index (χ0) is 31.8. The highest BCUT2D eigenvalue weighted by atomic mass is 32.7. The molecule has 19 nitrogen and oxygen atoms in total. The molecule has 7 heterocycles. The Kier molecular flexibility index (Phi) is 7.84. The minimum atomic E-state index is -4.29. The van der Waals surface area contributed by atoms with Crippen molar-refractivity contribution in [2.24, 2.45) is 0 Å². The van der Waals surface area contributed by atoms with Crippen LogP contribution in [0.5, 0.6) is 0 Å². The highest BCUT2D eigenvalue weighted by Crippen LogP contribution is 2.58. The Morgan fingerprint density at radius 1 is 0.956 bits per heavy atom. The maximum Gasteiger partial charge on any atom is 0.386 e. The predicted molar refractivity (Wildman–Crippen MR) is 161 cm³/mol. The summed E-state index contributed by atoms with van der Waals surface area (Å²) in [6, 6.07) is 3.08. The molecule has 0 radical (unpaired) electrons. The Balaban J connectivity index is 1.21. The highest BCUT2D eigenvalue weighted by molar-refractivity contribution is 8.44. The summed E-state index contributed by atoms with van der Waals surface area (Å²) in [5.41, 5.74) is 11.6. The second-order valence-corrected chi connectivity index (χ2v) is 16.1. The van der Waals surface area contributed by atoms with Crippen LogP contribution in [-0.2, 0) is 43.9 Å². The van der Waals surface area contributed by atoms with Crippen molar-refractivity contribution in [3.8, 4) is 0 Å². The van der Waals surface area contributed by atoms with E-state index in [1.165, 1.54) is 27.7 Å². The molecule has 3 fully saturated rings. The normalized spacial score (nSPS) is 37.7. The molecule has 0 aromatic carbocycles. The van der Waals surface area contributed by atoms with Crippen LogP contribution in [0.1, 0.15) is 12.5 Å². The number of aliphatic hydroxyl groups excluding tert-OH is 2. The van der Waals surface area contributed by atoms with E-state index in [0.717, 1.165) is 0 Å². The van der Waals surface area contributed by atoms with Crippen LogP contribution in [0.3, 0.4) is 0 Å². The molecule has 3 aliphatic rings. The smallest absolute Gasteiger partial charge is 0.386 e. The Morgan fingerprint density at radius 3 is 2.42 bits per heavy atom. The molecule has 8 N–H and O–H groups in total. The van der Waals surface area contributed by atoms with Crippen molar-refractivity contribution in [2.45, 2.75) is 49.1 Å². The molecular weight excluding hydrogens is 678 g/mol. The minimum absolute atomic E-state index is 0.0897. The molecule has 4 aromatic rings. The first-order valence-electron chi connectivity index (χ1n) is 13.2. The van der Waals surface area contributed by atoms with Crippen molar-refractivity contribution in [3.63, 3.8) is 0 Å². The first kappa shape index (κ1) is 31.1. The lowest BCUT2D eigenvalue weighted by Crippen LogP contribution is -2.36. The molecule has 7 rings (SSSR count). The molecule has 0 amide bonds. The van der Waals surface area contributed by atoms with Gasteiger partial charge in [-0.25, -0.2) is 14.5 Å². The maximum absolute atomic E-state index is 13.4. The molecular formula is C22H26N8O11P2S2. The average molecular weight is 705 g/mol. The second-order valence-electron chi connectivity index (χ2n) is 10.4. The number of hydrogen-bond donors (Lipinski definition) is 7. The minimum Gasteiger partial charge on any atom is -0.387 e. The van der Waals surface area contributed by atoms with E-state index < -0.39 is 81.4 Å². The van der Waals surface area contributed by atoms with E-state index in [4.69, 9.17) is 50.8 Å². The molecule has 0 saturated carbocycles. The van der Waals surface area contributed by atoms with E-state index in [9.17, 15) is 24.5 Å². The van der Waals surface area contributed by atoms with Gasteiger partial charge in [-0.15, -0.1) is 0 Å². The lowest BCUT2D eigenvalue weighted by molar-refractivity contribution is -0.0592. The van der Waals surface area contributed by atoms with Crippen LogP contribution in [0.4, 0.5) is 11.8 Å². The number of aliphatic hydroxyl groups is 2. The number of aromatic nitrogens is 6. The van der Waals surface area contributed by atoms with E-state index in [2.05, 4.69) is 32.2 Å². The van der Waals surface area contributed by atoms with Gasteiger partial charge < -0.3 is 49.7 Å². The molecule has 10 atom stereocenters. The number of aromatic amines is 1. The van der Waals surface area contributed by atoms with Crippen molar-refractivity contribution in [1.82, 2.24) is 29.1 Å². The van der Waals surface area contributed by atoms with Crippen molar-refractivity contribution in [1.29, 1.82) is 0 Å². The van der Waals surface area contributed by atoms with E-state index in [1.807, 2.05) is 0 Å². The Hall–Kier alpha value is -2.49. The monoisotopic (exact) mass is 704 g/mol. The van der Waals surface area contributed by atoms with Crippen molar-refractivity contribution < 1.29 is 47.2 Å². The van der Waals surface area contributed by atoms with Crippen LogP contribution < -0.4 is 17.0 Å². The van der Waals surface area contributed by atoms with Crippen molar-refractivity contribution in [3.05, 3.63) is 41.2 Å². The predicted octanol–water partition coefficient (Wildman–Crippen LogP) is -0.0776. The fourth-order valence-corrected chi connectivity index (χ4v) is 8.48. The zero-order valence-electron chi connectivity index (χ0n) is 22.7. The third kappa shape index (κ3) is 5.61. The summed E-state index contributed by atoms with van der Waals surface area (Å²) in [6.07, 6.45) is -6.33. The van der Waals surface area contributed by atoms with Gasteiger partial charge in [-0.3, -0.25) is 23.3 Å². The number of nitrogens with zero attached hydrogens (tertiary/aromatic N) is 5. The number of nitrogen functional groups attached to an aromatic ring is 2. The van der Waals surface area contributed by atoms with Crippen molar-refractivity contribution in [2.75, 3.05) is 24.7 Å². The fourth-order valence-electron chi connectivity index (χ4n) is 5.57. The molecule has 0 aliphatic carbocycles.